The van der Waals surface area contributed by atoms with Crippen LogP contribution in [0, 0.1) is 18.3 Å². The number of aryl methyl sites for hydroxylation is 1. The van der Waals surface area contributed by atoms with Crippen LogP contribution in [0.1, 0.15) is 17.0 Å². The molecule has 0 bridgehead atoms. The maximum Gasteiger partial charge on any atom is 0.218 e. The Hall–Kier alpha value is -1.99. The molecule has 2 aromatic rings. The van der Waals surface area contributed by atoms with E-state index in [2.05, 4.69) is 6.07 Å². The van der Waals surface area contributed by atoms with E-state index in [4.69, 9.17) is 0 Å². The van der Waals surface area contributed by atoms with Gasteiger partial charge in [0.15, 0.2) is 12.4 Å². The van der Waals surface area contributed by atoms with Crippen LogP contribution in [0.15, 0.2) is 54.9 Å². The molecule has 3 nitrogen and oxygen atoms in total. The predicted octanol–water partition coefficient (Wildman–Crippen LogP) is -0.837. The van der Waals surface area contributed by atoms with E-state index in [9.17, 15) is 10.1 Å². The van der Waals surface area contributed by atoms with Gasteiger partial charge in [-0.05, 0) is 18.1 Å². The number of hydrogen-bond donors (Lipinski definition) is 0. The third kappa shape index (κ3) is 4.01. The number of ketones is 1. The minimum Gasteiger partial charge on any atom is -1.00 e. The number of nitrogens with zero attached hydrogens (tertiary/aromatic N) is 2. The first-order valence-electron chi connectivity index (χ1n) is 6.13. The lowest BCUT2D eigenvalue weighted by atomic mass is 9.96. The molecule has 0 radical (unpaired) electrons. The third-order valence-electron chi connectivity index (χ3n) is 2.98. The van der Waals surface area contributed by atoms with Gasteiger partial charge in [-0.3, -0.25) is 4.79 Å². The fourth-order valence-corrected chi connectivity index (χ4v) is 1.89. The molecule has 102 valence electrons. The summed E-state index contributed by atoms with van der Waals surface area (Å²) in [6.07, 6.45) is 3.71. The first-order valence-corrected chi connectivity index (χ1v) is 6.13. The normalized spacial score (nSPS) is 11.0. The maximum absolute atomic E-state index is 12.2. The van der Waals surface area contributed by atoms with Crippen LogP contribution in [0.25, 0.3) is 0 Å². The molecule has 1 atom stereocenters. The number of aromatic nitrogens is 1. The molecule has 0 spiro atoms. The van der Waals surface area contributed by atoms with Gasteiger partial charge in [-0.1, -0.05) is 30.3 Å². The Morgan fingerprint density at radius 3 is 2.35 bits per heavy atom. The van der Waals surface area contributed by atoms with E-state index in [0.717, 1.165) is 11.1 Å². The van der Waals surface area contributed by atoms with E-state index in [-0.39, 0.29) is 29.3 Å². The number of carbonyl (C=O) groups is 1. The van der Waals surface area contributed by atoms with E-state index < -0.39 is 5.92 Å². The molecular formula is C16H15BrN2O. The van der Waals surface area contributed by atoms with Crippen molar-refractivity contribution in [1.82, 2.24) is 0 Å². The SMILES string of the molecule is Cc1cc[n+](CC(=O)C(C#N)c2ccccc2)cc1.[Br-]. The van der Waals surface area contributed by atoms with E-state index in [1.54, 1.807) is 4.57 Å². The lowest BCUT2D eigenvalue weighted by Crippen LogP contribution is -3.00. The van der Waals surface area contributed by atoms with Gasteiger partial charge in [0.1, 0.15) is 5.92 Å². The zero-order chi connectivity index (χ0) is 13.7. The standard InChI is InChI=1S/C16H15N2O.BrH/c1-13-7-9-18(10-8-13)12-16(19)15(11-17)14-5-3-2-4-6-14;/h2-10,15H,12H2,1H3;1H/q+1;/p-1. The molecule has 1 heterocycles. The monoisotopic (exact) mass is 330 g/mol. The minimum atomic E-state index is -0.699. The quantitative estimate of drug-likeness (QED) is 0.686. The third-order valence-corrected chi connectivity index (χ3v) is 2.98. The smallest absolute Gasteiger partial charge is 0.218 e. The number of rotatable bonds is 4. The van der Waals surface area contributed by atoms with Crippen LogP contribution in [-0.4, -0.2) is 5.78 Å². The van der Waals surface area contributed by atoms with Gasteiger partial charge in [0.2, 0.25) is 12.3 Å². The van der Waals surface area contributed by atoms with Gasteiger partial charge in [0, 0.05) is 12.1 Å². The van der Waals surface area contributed by atoms with Crippen LogP contribution in [0.3, 0.4) is 0 Å². The summed E-state index contributed by atoms with van der Waals surface area (Å²) in [5.74, 6) is -0.794. The highest BCUT2D eigenvalue weighted by Crippen LogP contribution is 2.15. The highest BCUT2D eigenvalue weighted by Gasteiger charge is 2.23. The molecule has 20 heavy (non-hydrogen) atoms. The van der Waals surface area contributed by atoms with Crippen molar-refractivity contribution in [3.63, 3.8) is 0 Å². The fourth-order valence-electron chi connectivity index (χ4n) is 1.89. The molecule has 2 rings (SSSR count). The highest BCUT2D eigenvalue weighted by atomic mass is 79.9. The molecule has 1 unspecified atom stereocenters. The predicted molar refractivity (Wildman–Crippen MR) is 71.2 cm³/mol. The van der Waals surface area contributed by atoms with Gasteiger partial charge in [-0.25, -0.2) is 0 Å². The molecule has 0 amide bonds. The largest absolute Gasteiger partial charge is 1.00 e. The summed E-state index contributed by atoms with van der Waals surface area (Å²) in [6.45, 7) is 2.21. The molecule has 0 saturated carbocycles. The molecule has 0 aliphatic rings. The van der Waals surface area contributed by atoms with Crippen molar-refractivity contribution in [2.75, 3.05) is 0 Å². The molecule has 0 N–H and O–H groups in total. The number of nitriles is 1. The summed E-state index contributed by atoms with van der Waals surface area (Å²) in [6, 6.07) is 15.1. The fraction of sp³-hybridized carbons (Fsp3) is 0.188. The Balaban J connectivity index is 0.00000200. The van der Waals surface area contributed by atoms with E-state index in [1.165, 1.54) is 0 Å². The van der Waals surface area contributed by atoms with Gasteiger partial charge in [-0.15, -0.1) is 0 Å². The van der Waals surface area contributed by atoms with Crippen molar-refractivity contribution in [1.29, 1.82) is 5.26 Å². The summed E-state index contributed by atoms with van der Waals surface area (Å²) in [5, 5.41) is 9.19. The minimum absolute atomic E-state index is 0. The van der Waals surface area contributed by atoms with Gasteiger partial charge < -0.3 is 17.0 Å². The summed E-state index contributed by atoms with van der Waals surface area (Å²) >= 11 is 0. The lowest BCUT2D eigenvalue weighted by molar-refractivity contribution is -0.684. The van der Waals surface area contributed by atoms with Crippen molar-refractivity contribution in [2.45, 2.75) is 19.4 Å². The van der Waals surface area contributed by atoms with Crippen LogP contribution in [0.5, 0.6) is 0 Å². The summed E-state index contributed by atoms with van der Waals surface area (Å²) in [5.41, 5.74) is 1.89. The van der Waals surface area contributed by atoms with Crippen LogP contribution >= 0.6 is 0 Å². The van der Waals surface area contributed by atoms with E-state index >= 15 is 0 Å². The van der Waals surface area contributed by atoms with Crippen LogP contribution < -0.4 is 21.5 Å². The van der Waals surface area contributed by atoms with Crippen LogP contribution in [-0.2, 0) is 11.3 Å². The summed E-state index contributed by atoms with van der Waals surface area (Å²) in [4.78, 5) is 12.2. The van der Waals surface area contributed by atoms with Crippen molar-refractivity contribution >= 4 is 5.78 Å². The average Bonchev–Trinajstić information content (AvgIpc) is 2.43. The zero-order valence-electron chi connectivity index (χ0n) is 11.2. The second-order valence-corrected chi connectivity index (χ2v) is 4.49. The second kappa shape index (κ2) is 7.56. The van der Waals surface area contributed by atoms with E-state index in [1.807, 2.05) is 61.8 Å². The number of benzene rings is 1. The van der Waals surface area contributed by atoms with Crippen molar-refractivity contribution in [2.24, 2.45) is 0 Å². The van der Waals surface area contributed by atoms with Gasteiger partial charge >= 0.3 is 0 Å². The van der Waals surface area contributed by atoms with Gasteiger partial charge in [0.25, 0.3) is 0 Å². The molecule has 0 aliphatic carbocycles. The summed E-state index contributed by atoms with van der Waals surface area (Å²) < 4.78 is 1.79. The Morgan fingerprint density at radius 1 is 1.20 bits per heavy atom. The topological polar surface area (TPSA) is 44.7 Å². The molecular weight excluding hydrogens is 316 g/mol. The number of hydrogen-bond acceptors (Lipinski definition) is 2. The Bertz CT molecular complexity index is 603. The first kappa shape index (κ1) is 16.1. The second-order valence-electron chi connectivity index (χ2n) is 4.49. The zero-order valence-corrected chi connectivity index (χ0v) is 12.7. The number of pyridine rings is 1. The molecule has 0 aliphatic heterocycles. The Kier molecular flexibility index (Phi) is 6.08. The van der Waals surface area contributed by atoms with Gasteiger partial charge in [-0.2, -0.15) is 9.83 Å². The lowest BCUT2D eigenvalue weighted by Gasteiger charge is -2.06. The first-order chi connectivity index (χ1) is 9.20. The van der Waals surface area contributed by atoms with Crippen molar-refractivity contribution in [3.05, 3.63) is 66.0 Å². The maximum atomic E-state index is 12.2. The Morgan fingerprint density at radius 2 is 1.80 bits per heavy atom. The molecule has 0 fully saturated rings. The van der Waals surface area contributed by atoms with Crippen molar-refractivity contribution in [3.8, 4) is 6.07 Å². The molecule has 4 heteroatoms. The molecule has 1 aromatic carbocycles. The van der Waals surface area contributed by atoms with Crippen LogP contribution in [0.2, 0.25) is 0 Å². The van der Waals surface area contributed by atoms with E-state index in [0.29, 0.717) is 0 Å². The summed E-state index contributed by atoms with van der Waals surface area (Å²) in [7, 11) is 0. The molecule has 0 saturated heterocycles. The number of Topliss-reactive ketones (excluding diaryl/α,β-unsaturated/α-hetero) is 1. The highest BCUT2D eigenvalue weighted by molar-refractivity contribution is 5.87. The average molecular weight is 331 g/mol. The number of halogens is 1. The number of carbonyl (C=O) groups excluding carboxylic acids is 1. The van der Waals surface area contributed by atoms with Crippen LogP contribution in [0.4, 0.5) is 0 Å². The molecule has 1 aromatic heterocycles. The van der Waals surface area contributed by atoms with Crippen molar-refractivity contribution < 1.29 is 26.3 Å². The van der Waals surface area contributed by atoms with Gasteiger partial charge in [0.05, 0.1) is 6.07 Å². The Labute approximate surface area is 129 Å².